The lowest BCUT2D eigenvalue weighted by Crippen LogP contribution is -2.03. The molecule has 0 aliphatic heterocycles. The van der Waals surface area contributed by atoms with Gasteiger partial charge >= 0.3 is 0 Å². The minimum Gasteiger partial charge on any atom is -0.266 e. The van der Waals surface area contributed by atoms with Crippen LogP contribution in [0, 0.1) is 24.9 Å². The number of rotatable bonds is 4. The van der Waals surface area contributed by atoms with E-state index in [0.717, 1.165) is 19.4 Å². The molecule has 0 spiro atoms. The van der Waals surface area contributed by atoms with E-state index < -0.39 is 0 Å². The predicted octanol–water partition coefficient (Wildman–Crippen LogP) is 2.57. The lowest BCUT2D eigenvalue weighted by Gasteiger charge is -2.05. The Hall–Kier alpha value is -0.860. The molecule has 1 aromatic rings. The maximum absolute atomic E-state index is 12.8. The van der Waals surface area contributed by atoms with Crippen molar-refractivity contribution < 1.29 is 4.39 Å². The average molecular weight is 183 g/mol. The maximum atomic E-state index is 12.8. The minimum atomic E-state index is -0.329. The summed E-state index contributed by atoms with van der Waals surface area (Å²) in [5.41, 5.74) is 0.587. The van der Waals surface area contributed by atoms with Crippen molar-refractivity contribution in [2.24, 2.45) is 5.92 Å². The zero-order valence-corrected chi connectivity index (χ0v) is 8.47. The lowest BCUT2D eigenvalue weighted by molar-refractivity contribution is 0.481. The third kappa shape index (κ3) is 2.83. The van der Waals surface area contributed by atoms with Gasteiger partial charge in [-0.1, -0.05) is 13.8 Å². The minimum absolute atomic E-state index is 0.329. The summed E-state index contributed by atoms with van der Waals surface area (Å²) in [5.74, 6) is 0.370. The molecule has 2 nitrogen and oxygen atoms in total. The van der Waals surface area contributed by atoms with Crippen molar-refractivity contribution in [2.75, 3.05) is 0 Å². The zero-order valence-electron chi connectivity index (χ0n) is 8.47. The second kappa shape index (κ2) is 4.40. The molecule has 1 heterocycles. The fourth-order valence-corrected chi connectivity index (χ4v) is 1.24. The van der Waals surface area contributed by atoms with Crippen molar-refractivity contribution >= 4 is 0 Å². The third-order valence-electron chi connectivity index (χ3n) is 2.13. The van der Waals surface area contributed by atoms with Crippen LogP contribution >= 0.6 is 0 Å². The Morgan fingerprint density at radius 2 is 2.23 bits per heavy atom. The molecule has 0 saturated heterocycles. The molecule has 0 atom stereocenters. The smallest absolute Gasteiger partial charge is 0.173 e. The molecule has 0 saturated carbocycles. The molecule has 1 rings (SSSR count). The van der Waals surface area contributed by atoms with Crippen LogP contribution in [0.25, 0.3) is 0 Å². The first-order valence-electron chi connectivity index (χ1n) is 4.72. The fraction of sp³-hybridized carbons (Fsp3) is 0.700. The van der Waals surface area contributed by atoms with Crippen LogP contribution in [0.5, 0.6) is 0 Å². The fourth-order valence-electron chi connectivity index (χ4n) is 1.24. The van der Waals surface area contributed by atoms with Crippen molar-refractivity contribution in [2.45, 2.75) is 40.2 Å². The van der Waals surface area contributed by atoms with Crippen LogP contribution in [0.1, 0.15) is 32.4 Å². The highest BCUT2D eigenvalue weighted by molar-refractivity contribution is 4.99. The zero-order chi connectivity index (χ0) is 9.84. The van der Waals surface area contributed by atoms with Crippen LogP contribution < -0.4 is 0 Å². The highest BCUT2D eigenvalue weighted by Crippen LogP contribution is 2.08. The van der Waals surface area contributed by atoms with Gasteiger partial charge in [-0.15, -0.1) is 0 Å². The lowest BCUT2D eigenvalue weighted by atomic mass is 10.1. The van der Waals surface area contributed by atoms with Gasteiger partial charge in [-0.2, -0.15) is 5.10 Å². The summed E-state index contributed by atoms with van der Waals surface area (Å²) in [6.07, 6.45) is 4.52. The third-order valence-corrected chi connectivity index (χ3v) is 2.13. The summed E-state index contributed by atoms with van der Waals surface area (Å²) in [6, 6.07) is 0. The molecule has 1 radical (unpaired) electrons. The number of aryl methyl sites for hydroxylation is 1. The number of nitrogens with zero attached hydrogens (tertiary/aromatic N) is 2. The number of halogens is 1. The molecule has 0 amide bonds. The highest BCUT2D eigenvalue weighted by atomic mass is 19.1. The van der Waals surface area contributed by atoms with Crippen LogP contribution in [-0.2, 0) is 6.54 Å². The Morgan fingerprint density at radius 3 is 2.69 bits per heavy atom. The highest BCUT2D eigenvalue weighted by Gasteiger charge is 2.05. The van der Waals surface area contributed by atoms with E-state index in [9.17, 15) is 4.39 Å². The molecule has 0 aromatic carbocycles. The first kappa shape index (κ1) is 10.2. The molecular weight excluding hydrogens is 167 g/mol. The summed E-state index contributed by atoms with van der Waals surface area (Å²) in [7, 11) is 0. The monoisotopic (exact) mass is 183 g/mol. The van der Waals surface area contributed by atoms with E-state index in [1.54, 1.807) is 11.6 Å². The Kier molecular flexibility index (Phi) is 3.46. The molecule has 1 aromatic heterocycles. The van der Waals surface area contributed by atoms with Gasteiger partial charge in [-0.25, -0.2) is 4.39 Å². The standard InChI is InChI=1S/C10H16FN2/c1-8(2)5-4-6-13-9(3)10(11)7-12-13/h8H,4-6H2,1-3H3. The summed E-state index contributed by atoms with van der Waals surface area (Å²) in [5, 5.41) is 3.83. The Morgan fingerprint density at radius 1 is 1.54 bits per heavy atom. The molecule has 3 heteroatoms. The SMILES string of the molecule is Cc1c(F)[c]nn1CCCC(C)C. The van der Waals surface area contributed by atoms with Gasteiger partial charge in [0.1, 0.15) is 0 Å². The molecule has 0 fully saturated rings. The molecule has 0 N–H and O–H groups in total. The molecule has 0 aliphatic carbocycles. The van der Waals surface area contributed by atoms with Gasteiger partial charge in [0.25, 0.3) is 0 Å². The van der Waals surface area contributed by atoms with E-state index >= 15 is 0 Å². The van der Waals surface area contributed by atoms with Gasteiger partial charge in [-0.05, 0) is 25.7 Å². The van der Waals surface area contributed by atoms with Gasteiger partial charge < -0.3 is 0 Å². The van der Waals surface area contributed by atoms with Crippen LogP contribution in [0.4, 0.5) is 4.39 Å². The maximum Gasteiger partial charge on any atom is 0.173 e. The van der Waals surface area contributed by atoms with Crippen LogP contribution in [0.3, 0.4) is 0 Å². The largest absolute Gasteiger partial charge is 0.266 e. The van der Waals surface area contributed by atoms with Gasteiger partial charge in [0.15, 0.2) is 12.0 Å². The summed E-state index contributed by atoms with van der Waals surface area (Å²) in [4.78, 5) is 0. The van der Waals surface area contributed by atoms with E-state index in [1.165, 1.54) is 0 Å². The average Bonchev–Trinajstić information content (AvgIpc) is 2.35. The second-order valence-corrected chi connectivity index (χ2v) is 3.77. The van der Waals surface area contributed by atoms with Crippen molar-refractivity contribution in [1.82, 2.24) is 9.78 Å². The Balaban J connectivity index is 2.41. The first-order valence-corrected chi connectivity index (χ1v) is 4.72. The molecular formula is C10H16FN2. The van der Waals surface area contributed by atoms with Gasteiger partial charge in [-0.3, -0.25) is 4.68 Å². The number of hydrogen-bond donors (Lipinski definition) is 0. The summed E-state index contributed by atoms with van der Waals surface area (Å²) < 4.78 is 14.5. The summed E-state index contributed by atoms with van der Waals surface area (Å²) >= 11 is 0. The van der Waals surface area contributed by atoms with E-state index in [2.05, 4.69) is 25.1 Å². The number of aromatic nitrogens is 2. The van der Waals surface area contributed by atoms with E-state index in [4.69, 9.17) is 0 Å². The van der Waals surface area contributed by atoms with Crippen molar-refractivity contribution in [1.29, 1.82) is 0 Å². The van der Waals surface area contributed by atoms with Gasteiger partial charge in [0.05, 0.1) is 5.69 Å². The van der Waals surface area contributed by atoms with Crippen LogP contribution in [0.2, 0.25) is 0 Å². The predicted molar refractivity (Wildman–Crippen MR) is 49.8 cm³/mol. The first-order chi connectivity index (χ1) is 6.11. The molecule has 73 valence electrons. The van der Waals surface area contributed by atoms with Gasteiger partial charge in [0.2, 0.25) is 0 Å². The van der Waals surface area contributed by atoms with E-state index in [1.807, 2.05) is 0 Å². The molecule has 0 unspecified atom stereocenters. The molecule has 13 heavy (non-hydrogen) atoms. The van der Waals surface area contributed by atoms with Crippen LogP contribution in [-0.4, -0.2) is 9.78 Å². The van der Waals surface area contributed by atoms with Gasteiger partial charge in [0, 0.05) is 6.54 Å². The normalized spacial score (nSPS) is 11.2. The van der Waals surface area contributed by atoms with Crippen molar-refractivity contribution in [3.05, 3.63) is 17.7 Å². The quantitative estimate of drug-likeness (QED) is 0.701. The number of hydrogen-bond acceptors (Lipinski definition) is 1. The van der Waals surface area contributed by atoms with E-state index in [-0.39, 0.29) is 5.82 Å². The van der Waals surface area contributed by atoms with Crippen LogP contribution in [0.15, 0.2) is 0 Å². The molecule has 0 bridgehead atoms. The molecule has 0 aliphatic rings. The van der Waals surface area contributed by atoms with Crippen molar-refractivity contribution in [3.8, 4) is 0 Å². The van der Waals surface area contributed by atoms with Crippen molar-refractivity contribution in [3.63, 3.8) is 0 Å². The van der Waals surface area contributed by atoms with E-state index in [0.29, 0.717) is 11.6 Å². The summed E-state index contributed by atoms with van der Waals surface area (Å²) in [6.45, 7) is 6.89. The Bertz CT molecular complexity index is 266. The topological polar surface area (TPSA) is 17.8 Å². The Labute approximate surface area is 78.8 Å². The second-order valence-electron chi connectivity index (χ2n) is 3.77.